The first-order valence-corrected chi connectivity index (χ1v) is 8.36. The number of para-hydroxylation sites is 1. The molecule has 1 aliphatic rings. The number of ether oxygens (including phenoxy) is 3. The van der Waals surface area contributed by atoms with Crippen LogP contribution in [-0.2, 0) is 20.7 Å². The highest BCUT2D eigenvalue weighted by Gasteiger charge is 2.33. The van der Waals surface area contributed by atoms with Crippen LogP contribution in [0.1, 0.15) is 11.1 Å². The lowest BCUT2D eigenvalue weighted by Gasteiger charge is -2.14. The van der Waals surface area contributed by atoms with Gasteiger partial charge in [-0.25, -0.2) is 4.79 Å². The average Bonchev–Trinajstić information content (AvgIpc) is 3.07. The molecular formula is C20H18N2O5. The van der Waals surface area contributed by atoms with Crippen molar-refractivity contribution in [2.75, 3.05) is 25.2 Å². The fraction of sp³-hybridized carbons (Fsp3) is 0.250. The van der Waals surface area contributed by atoms with Crippen molar-refractivity contribution in [1.82, 2.24) is 0 Å². The third-order valence-corrected chi connectivity index (χ3v) is 4.14. The molecule has 0 aliphatic carbocycles. The monoisotopic (exact) mass is 366 g/mol. The molecule has 27 heavy (non-hydrogen) atoms. The van der Waals surface area contributed by atoms with Gasteiger partial charge in [0.05, 0.1) is 31.7 Å². The van der Waals surface area contributed by atoms with Crippen LogP contribution in [0.15, 0.2) is 48.5 Å². The quantitative estimate of drug-likeness (QED) is 0.730. The first-order chi connectivity index (χ1) is 13.1. The predicted molar refractivity (Wildman–Crippen MR) is 96.4 cm³/mol. The van der Waals surface area contributed by atoms with E-state index in [2.05, 4.69) is 0 Å². The summed E-state index contributed by atoms with van der Waals surface area (Å²) in [6.45, 7) is 0.501. The molecule has 2 aromatic rings. The summed E-state index contributed by atoms with van der Waals surface area (Å²) < 4.78 is 15.8. The summed E-state index contributed by atoms with van der Waals surface area (Å²) in [5.41, 5.74) is 1.89. The van der Waals surface area contributed by atoms with E-state index in [9.17, 15) is 9.59 Å². The van der Waals surface area contributed by atoms with E-state index in [1.54, 1.807) is 42.5 Å². The van der Waals surface area contributed by atoms with Gasteiger partial charge in [0, 0.05) is 11.3 Å². The summed E-state index contributed by atoms with van der Waals surface area (Å²) in [6.07, 6.45) is -0.801. The van der Waals surface area contributed by atoms with E-state index in [1.165, 1.54) is 12.0 Å². The van der Waals surface area contributed by atoms with E-state index in [4.69, 9.17) is 19.5 Å². The van der Waals surface area contributed by atoms with Crippen LogP contribution in [0.3, 0.4) is 0 Å². The number of anilines is 1. The number of benzene rings is 2. The zero-order valence-corrected chi connectivity index (χ0v) is 14.8. The normalized spacial score (nSPS) is 15.8. The third-order valence-electron chi connectivity index (χ3n) is 4.14. The van der Waals surface area contributed by atoms with E-state index >= 15 is 0 Å². The van der Waals surface area contributed by atoms with E-state index in [0.717, 1.165) is 0 Å². The molecule has 7 heteroatoms. The molecule has 1 heterocycles. The second kappa shape index (κ2) is 8.23. The maximum Gasteiger partial charge on any atom is 0.414 e. The van der Waals surface area contributed by atoms with Crippen LogP contribution < -0.4 is 9.64 Å². The number of methoxy groups -OCH3 is 1. The lowest BCUT2D eigenvalue weighted by molar-refractivity contribution is -0.139. The molecule has 1 atom stereocenters. The number of rotatable bonds is 6. The van der Waals surface area contributed by atoms with E-state index in [-0.39, 0.29) is 19.0 Å². The van der Waals surface area contributed by atoms with Crippen molar-refractivity contribution >= 4 is 17.7 Å². The van der Waals surface area contributed by atoms with Gasteiger partial charge in [-0.05, 0) is 30.3 Å². The molecule has 1 amide bonds. The van der Waals surface area contributed by atoms with Gasteiger partial charge in [-0.3, -0.25) is 9.69 Å². The number of nitriles is 1. The predicted octanol–water partition coefficient (Wildman–Crippen LogP) is 2.68. The van der Waals surface area contributed by atoms with Crippen molar-refractivity contribution in [2.45, 2.75) is 12.5 Å². The van der Waals surface area contributed by atoms with Crippen molar-refractivity contribution in [3.63, 3.8) is 0 Å². The Balaban J connectivity index is 1.62. The van der Waals surface area contributed by atoms with Crippen molar-refractivity contribution in [3.8, 4) is 11.8 Å². The molecule has 0 radical (unpaired) electrons. The lowest BCUT2D eigenvalue weighted by atomic mass is 10.1. The fourth-order valence-corrected chi connectivity index (χ4v) is 2.74. The zero-order chi connectivity index (χ0) is 19.2. The van der Waals surface area contributed by atoms with Gasteiger partial charge in [0.15, 0.2) is 6.10 Å². The lowest BCUT2D eigenvalue weighted by Crippen LogP contribution is -2.26. The maximum absolute atomic E-state index is 12.1. The van der Waals surface area contributed by atoms with E-state index < -0.39 is 12.2 Å². The molecule has 138 valence electrons. The molecule has 0 bridgehead atoms. The molecule has 0 saturated carbocycles. The standard InChI is InChI=1S/C20H18N2O5/c1-25-19(23)10-15-4-2-3-5-18(15)26-13-17-12-22(20(24)27-17)16-8-6-14(11-21)7-9-16/h2-9,17H,10,12-13H2,1H3. The molecule has 0 spiro atoms. The van der Waals surface area contributed by atoms with Crippen molar-refractivity contribution in [3.05, 3.63) is 59.7 Å². The number of esters is 1. The summed E-state index contributed by atoms with van der Waals surface area (Å²) in [5.74, 6) is 0.195. The van der Waals surface area contributed by atoms with E-state index in [0.29, 0.717) is 29.1 Å². The van der Waals surface area contributed by atoms with Crippen molar-refractivity contribution in [2.24, 2.45) is 0 Å². The van der Waals surface area contributed by atoms with Crippen LogP contribution in [0.25, 0.3) is 0 Å². The van der Waals surface area contributed by atoms with Gasteiger partial charge >= 0.3 is 12.1 Å². The van der Waals surface area contributed by atoms with Gasteiger partial charge < -0.3 is 14.2 Å². The number of nitrogens with zero attached hydrogens (tertiary/aromatic N) is 2. The second-order valence-electron chi connectivity index (χ2n) is 5.95. The topological polar surface area (TPSA) is 88.9 Å². The SMILES string of the molecule is COC(=O)Cc1ccccc1OCC1CN(c2ccc(C#N)cc2)C(=O)O1. The van der Waals surface area contributed by atoms with Crippen LogP contribution in [0.4, 0.5) is 10.5 Å². The van der Waals surface area contributed by atoms with E-state index in [1.807, 2.05) is 12.1 Å². The Morgan fingerprint density at radius 2 is 2.00 bits per heavy atom. The number of carbonyl (C=O) groups is 2. The Kier molecular flexibility index (Phi) is 5.57. The van der Waals surface area contributed by atoms with Crippen molar-refractivity contribution in [1.29, 1.82) is 5.26 Å². The molecule has 1 aliphatic heterocycles. The van der Waals surface area contributed by atoms with Gasteiger partial charge in [0.25, 0.3) is 0 Å². The zero-order valence-electron chi connectivity index (χ0n) is 14.8. The van der Waals surface area contributed by atoms with Gasteiger partial charge in [-0.15, -0.1) is 0 Å². The second-order valence-corrected chi connectivity index (χ2v) is 5.95. The number of cyclic esters (lactones) is 1. The Labute approximate surface area is 156 Å². The molecule has 0 aromatic heterocycles. The highest BCUT2D eigenvalue weighted by atomic mass is 16.6. The largest absolute Gasteiger partial charge is 0.489 e. The minimum Gasteiger partial charge on any atom is -0.489 e. The highest BCUT2D eigenvalue weighted by Crippen LogP contribution is 2.24. The van der Waals surface area contributed by atoms with Crippen LogP contribution >= 0.6 is 0 Å². The smallest absolute Gasteiger partial charge is 0.414 e. The Bertz CT molecular complexity index is 873. The Hall–Kier alpha value is -3.53. The van der Waals surface area contributed by atoms with Gasteiger partial charge in [-0.2, -0.15) is 5.26 Å². The molecule has 3 rings (SSSR count). The third kappa shape index (κ3) is 4.36. The highest BCUT2D eigenvalue weighted by molar-refractivity contribution is 5.89. The summed E-state index contributed by atoms with van der Waals surface area (Å²) in [4.78, 5) is 25.1. The van der Waals surface area contributed by atoms with Gasteiger partial charge in [0.2, 0.25) is 0 Å². The molecule has 0 N–H and O–H groups in total. The number of hydrogen-bond donors (Lipinski definition) is 0. The summed E-state index contributed by atoms with van der Waals surface area (Å²) in [6, 6.07) is 15.9. The summed E-state index contributed by atoms with van der Waals surface area (Å²) >= 11 is 0. The van der Waals surface area contributed by atoms with Crippen LogP contribution in [0.2, 0.25) is 0 Å². The molecule has 7 nitrogen and oxygen atoms in total. The fourth-order valence-electron chi connectivity index (χ4n) is 2.74. The maximum atomic E-state index is 12.1. The number of carbonyl (C=O) groups excluding carboxylic acids is 2. The Morgan fingerprint density at radius 1 is 1.26 bits per heavy atom. The van der Waals surface area contributed by atoms with Crippen LogP contribution in [-0.4, -0.2) is 38.4 Å². The molecule has 1 unspecified atom stereocenters. The molecular weight excluding hydrogens is 348 g/mol. The average molecular weight is 366 g/mol. The summed E-state index contributed by atoms with van der Waals surface area (Å²) in [7, 11) is 1.33. The van der Waals surface area contributed by atoms with Crippen molar-refractivity contribution < 1.29 is 23.8 Å². The molecule has 1 fully saturated rings. The number of hydrogen-bond acceptors (Lipinski definition) is 6. The minimum absolute atomic E-state index is 0.106. The first-order valence-electron chi connectivity index (χ1n) is 8.36. The van der Waals surface area contributed by atoms with Crippen LogP contribution in [0.5, 0.6) is 5.75 Å². The molecule has 2 aromatic carbocycles. The van der Waals surface area contributed by atoms with Crippen LogP contribution in [0, 0.1) is 11.3 Å². The summed E-state index contributed by atoms with van der Waals surface area (Å²) in [5, 5.41) is 8.86. The molecule has 1 saturated heterocycles. The Morgan fingerprint density at radius 3 is 2.70 bits per heavy atom. The number of amides is 1. The minimum atomic E-state index is -0.462. The van der Waals surface area contributed by atoms with Gasteiger partial charge in [-0.1, -0.05) is 18.2 Å². The van der Waals surface area contributed by atoms with Gasteiger partial charge in [0.1, 0.15) is 12.4 Å². The first kappa shape index (κ1) is 18.3.